The van der Waals surface area contributed by atoms with Gasteiger partial charge in [0.25, 0.3) is 0 Å². The number of carbonyl (C=O) groups excluding carboxylic acids is 1. The number of allylic oxidation sites excluding steroid dienone is 1. The van der Waals surface area contributed by atoms with E-state index in [4.69, 9.17) is 4.74 Å². The molecule has 0 aliphatic carbocycles. The Morgan fingerprint density at radius 1 is 1.18 bits per heavy atom. The molecule has 1 aliphatic rings. The standard InChI is InChI=1S/C16H27N3O2.C8H7F3O/c1-4-6-11-18-16(17-3)19-12-9-14(10-13-19)7-8-15(20)21-5-2;1-6-2-4-7(5-3-6)12-8(9,10)11/h7-8,11,14H,4-6,9-10,12-13H2,1-3H3;2-5H,1H3/b8-7+,17-16?,18-11-;. The third kappa shape index (κ3) is 12.7. The minimum absolute atomic E-state index is 0.187. The van der Waals surface area contributed by atoms with Crippen molar-refractivity contribution in [2.75, 3.05) is 26.7 Å². The number of hydrogen-bond donors (Lipinski definition) is 0. The molecule has 0 radical (unpaired) electrons. The summed E-state index contributed by atoms with van der Waals surface area (Å²) >= 11 is 0. The fourth-order valence-electron chi connectivity index (χ4n) is 2.99. The molecular weight excluding hydrogens is 435 g/mol. The van der Waals surface area contributed by atoms with Gasteiger partial charge in [-0.1, -0.05) is 37.1 Å². The summed E-state index contributed by atoms with van der Waals surface area (Å²) in [6.07, 6.45) is 4.97. The van der Waals surface area contributed by atoms with Gasteiger partial charge in [-0.3, -0.25) is 4.99 Å². The zero-order chi connectivity index (χ0) is 24.7. The zero-order valence-corrected chi connectivity index (χ0v) is 19.8. The van der Waals surface area contributed by atoms with Gasteiger partial charge in [-0.15, -0.1) is 13.2 Å². The van der Waals surface area contributed by atoms with Crippen LogP contribution in [0.3, 0.4) is 0 Å². The summed E-state index contributed by atoms with van der Waals surface area (Å²) in [5.74, 6) is 0.813. The summed E-state index contributed by atoms with van der Waals surface area (Å²) in [5.41, 5.74) is 0.893. The van der Waals surface area contributed by atoms with Crippen LogP contribution in [0.15, 0.2) is 46.4 Å². The predicted octanol–water partition coefficient (Wildman–Crippen LogP) is 5.57. The van der Waals surface area contributed by atoms with E-state index in [-0.39, 0.29) is 11.7 Å². The number of likely N-dealkylation sites (tertiary alicyclic amines) is 1. The molecule has 0 saturated carbocycles. The molecule has 184 valence electrons. The first-order valence-electron chi connectivity index (χ1n) is 11.1. The van der Waals surface area contributed by atoms with Crippen LogP contribution in [0, 0.1) is 12.8 Å². The lowest BCUT2D eigenvalue weighted by molar-refractivity contribution is -0.274. The van der Waals surface area contributed by atoms with E-state index in [1.807, 2.05) is 19.2 Å². The summed E-state index contributed by atoms with van der Waals surface area (Å²) < 4.78 is 43.4. The predicted molar refractivity (Wildman–Crippen MR) is 125 cm³/mol. The van der Waals surface area contributed by atoms with Crippen LogP contribution in [0.5, 0.6) is 5.75 Å². The fraction of sp³-hybridized carbons (Fsp3) is 0.542. The lowest BCUT2D eigenvalue weighted by atomic mass is 9.96. The average Bonchev–Trinajstić information content (AvgIpc) is 2.77. The minimum atomic E-state index is -4.60. The van der Waals surface area contributed by atoms with Crippen molar-refractivity contribution >= 4 is 18.1 Å². The smallest absolute Gasteiger partial charge is 0.463 e. The van der Waals surface area contributed by atoms with Crippen molar-refractivity contribution in [2.45, 2.75) is 52.8 Å². The molecule has 9 heteroatoms. The van der Waals surface area contributed by atoms with Gasteiger partial charge >= 0.3 is 12.3 Å². The maximum absolute atomic E-state index is 11.6. The highest BCUT2D eigenvalue weighted by Crippen LogP contribution is 2.22. The number of nitrogens with zero attached hydrogens (tertiary/aromatic N) is 3. The Morgan fingerprint density at radius 2 is 1.82 bits per heavy atom. The number of alkyl halides is 3. The van der Waals surface area contributed by atoms with E-state index in [1.54, 1.807) is 32.2 Å². The molecule has 1 fully saturated rings. The summed E-state index contributed by atoms with van der Waals surface area (Å²) in [5, 5.41) is 0. The van der Waals surface area contributed by atoms with Crippen LogP contribution in [-0.2, 0) is 9.53 Å². The van der Waals surface area contributed by atoms with E-state index >= 15 is 0 Å². The van der Waals surface area contributed by atoms with Crippen molar-refractivity contribution in [1.82, 2.24) is 4.90 Å². The van der Waals surface area contributed by atoms with Crippen molar-refractivity contribution in [3.05, 3.63) is 42.0 Å². The topological polar surface area (TPSA) is 63.5 Å². The number of rotatable bonds is 6. The Balaban J connectivity index is 0.000000383. The van der Waals surface area contributed by atoms with Crippen molar-refractivity contribution in [3.63, 3.8) is 0 Å². The van der Waals surface area contributed by atoms with E-state index in [1.165, 1.54) is 12.1 Å². The number of carbonyl (C=O) groups is 1. The molecule has 1 aliphatic heterocycles. The third-order valence-corrected chi connectivity index (χ3v) is 4.69. The normalized spacial score (nSPS) is 15.5. The van der Waals surface area contributed by atoms with Gasteiger partial charge < -0.3 is 14.4 Å². The van der Waals surface area contributed by atoms with Gasteiger partial charge in [-0.05, 0) is 51.2 Å². The molecule has 1 heterocycles. The first kappa shape index (κ1) is 28.2. The Kier molecular flexibility index (Phi) is 12.9. The number of guanidine groups is 1. The number of benzene rings is 1. The Hall–Kier alpha value is -2.84. The quantitative estimate of drug-likeness (QED) is 0.237. The molecule has 0 N–H and O–H groups in total. The number of piperidine rings is 1. The highest BCUT2D eigenvalue weighted by Gasteiger charge is 2.30. The van der Waals surface area contributed by atoms with E-state index in [0.29, 0.717) is 12.5 Å². The number of esters is 1. The maximum atomic E-state index is 11.6. The Morgan fingerprint density at radius 3 is 2.33 bits per heavy atom. The van der Waals surface area contributed by atoms with Gasteiger partial charge in [0.1, 0.15) is 5.75 Å². The van der Waals surface area contributed by atoms with Gasteiger partial charge in [0.2, 0.25) is 5.96 Å². The van der Waals surface area contributed by atoms with Crippen LogP contribution in [0.25, 0.3) is 0 Å². The minimum Gasteiger partial charge on any atom is -0.463 e. The van der Waals surface area contributed by atoms with Crippen LogP contribution in [0.1, 0.15) is 45.1 Å². The Labute approximate surface area is 194 Å². The monoisotopic (exact) mass is 469 g/mol. The van der Waals surface area contributed by atoms with Gasteiger partial charge in [0.15, 0.2) is 0 Å². The van der Waals surface area contributed by atoms with Crippen molar-refractivity contribution in [3.8, 4) is 5.75 Å². The van der Waals surface area contributed by atoms with Crippen molar-refractivity contribution in [2.24, 2.45) is 15.9 Å². The Bertz CT molecular complexity index is 782. The van der Waals surface area contributed by atoms with Gasteiger partial charge in [0.05, 0.1) is 6.61 Å². The first-order chi connectivity index (χ1) is 15.7. The van der Waals surface area contributed by atoms with E-state index in [2.05, 4.69) is 26.5 Å². The third-order valence-electron chi connectivity index (χ3n) is 4.69. The van der Waals surface area contributed by atoms with Crippen LogP contribution in [0.4, 0.5) is 13.2 Å². The number of unbranched alkanes of at least 4 members (excludes halogenated alkanes) is 1. The lowest BCUT2D eigenvalue weighted by Crippen LogP contribution is -2.37. The number of aryl methyl sites for hydroxylation is 1. The molecule has 0 atom stereocenters. The van der Waals surface area contributed by atoms with Crippen LogP contribution >= 0.6 is 0 Å². The van der Waals surface area contributed by atoms with Crippen LogP contribution in [-0.4, -0.2) is 56.1 Å². The molecule has 6 nitrogen and oxygen atoms in total. The molecule has 0 amide bonds. The summed E-state index contributed by atoms with van der Waals surface area (Å²) in [6, 6.07) is 5.67. The molecule has 33 heavy (non-hydrogen) atoms. The van der Waals surface area contributed by atoms with Crippen LogP contribution < -0.4 is 4.74 Å². The fourth-order valence-corrected chi connectivity index (χ4v) is 2.99. The SMILES string of the molecule is CCC/C=N\C(=NC)N1CCC(/C=C/C(=O)OCC)CC1.Cc1ccc(OC(F)(F)F)cc1. The van der Waals surface area contributed by atoms with Crippen molar-refractivity contribution in [1.29, 1.82) is 0 Å². The maximum Gasteiger partial charge on any atom is 0.573 e. The number of aliphatic imine (C=N–C) groups is 2. The molecule has 1 saturated heterocycles. The highest BCUT2D eigenvalue weighted by atomic mass is 19.4. The average molecular weight is 470 g/mol. The van der Waals surface area contributed by atoms with Gasteiger partial charge in [-0.25, -0.2) is 9.79 Å². The molecule has 0 bridgehead atoms. The number of halogens is 3. The van der Waals surface area contributed by atoms with Crippen LogP contribution in [0.2, 0.25) is 0 Å². The summed E-state index contributed by atoms with van der Waals surface area (Å²) in [6.45, 7) is 8.01. The summed E-state index contributed by atoms with van der Waals surface area (Å²) in [4.78, 5) is 22.2. The second-order valence-corrected chi connectivity index (χ2v) is 7.42. The molecule has 2 rings (SSSR count). The number of hydrogen-bond acceptors (Lipinski definition) is 4. The largest absolute Gasteiger partial charge is 0.573 e. The highest BCUT2D eigenvalue weighted by molar-refractivity contribution is 5.87. The van der Waals surface area contributed by atoms with Gasteiger partial charge in [0, 0.05) is 32.4 Å². The molecule has 0 aromatic heterocycles. The molecule has 1 aromatic rings. The van der Waals surface area contributed by atoms with Gasteiger partial charge in [-0.2, -0.15) is 0 Å². The second kappa shape index (κ2) is 15.1. The second-order valence-electron chi connectivity index (χ2n) is 7.42. The zero-order valence-electron chi connectivity index (χ0n) is 19.8. The molecular formula is C24H34F3N3O3. The molecule has 0 spiro atoms. The molecule has 0 unspecified atom stereocenters. The first-order valence-corrected chi connectivity index (χ1v) is 11.1. The molecule has 1 aromatic carbocycles. The van der Waals surface area contributed by atoms with E-state index in [0.717, 1.165) is 50.3 Å². The van der Waals surface area contributed by atoms with E-state index in [9.17, 15) is 18.0 Å². The summed E-state index contributed by atoms with van der Waals surface area (Å²) in [7, 11) is 1.78. The lowest BCUT2D eigenvalue weighted by Gasteiger charge is -2.31. The van der Waals surface area contributed by atoms with E-state index < -0.39 is 6.36 Å². The van der Waals surface area contributed by atoms with Crippen molar-refractivity contribution < 1.29 is 27.4 Å². The number of ether oxygens (including phenoxy) is 2.